The molecule has 0 fully saturated rings. The minimum atomic E-state index is -1.46. The molecule has 2 amide bonds. The SMILES string of the molecule is NC(=O)C[C@H](NC(=O)c1ccc[nH]c1=O)C(=O)O. The third kappa shape index (κ3) is 3.44. The number of aromatic amines is 1. The van der Waals surface area contributed by atoms with Crippen molar-refractivity contribution in [1.82, 2.24) is 10.3 Å². The monoisotopic (exact) mass is 253 g/mol. The van der Waals surface area contributed by atoms with Crippen LogP contribution in [0.25, 0.3) is 0 Å². The smallest absolute Gasteiger partial charge is 0.326 e. The van der Waals surface area contributed by atoms with E-state index in [1.165, 1.54) is 18.3 Å². The van der Waals surface area contributed by atoms with Crippen LogP contribution in [0.15, 0.2) is 23.1 Å². The van der Waals surface area contributed by atoms with Gasteiger partial charge in [-0.05, 0) is 12.1 Å². The molecule has 96 valence electrons. The van der Waals surface area contributed by atoms with Crippen molar-refractivity contribution in [3.05, 3.63) is 34.2 Å². The van der Waals surface area contributed by atoms with Gasteiger partial charge in [-0.1, -0.05) is 0 Å². The van der Waals surface area contributed by atoms with Gasteiger partial charge < -0.3 is 21.1 Å². The lowest BCUT2D eigenvalue weighted by Crippen LogP contribution is -2.44. The Hall–Kier alpha value is -2.64. The zero-order valence-corrected chi connectivity index (χ0v) is 9.17. The summed E-state index contributed by atoms with van der Waals surface area (Å²) in [6, 6.07) is 1.19. The largest absolute Gasteiger partial charge is 0.480 e. The normalized spacial score (nSPS) is 11.6. The van der Waals surface area contributed by atoms with E-state index in [2.05, 4.69) is 4.98 Å². The van der Waals surface area contributed by atoms with Gasteiger partial charge in [0, 0.05) is 6.20 Å². The molecule has 0 aliphatic rings. The summed E-state index contributed by atoms with van der Waals surface area (Å²) in [6.07, 6.45) is 0.781. The Bertz CT molecular complexity index is 536. The van der Waals surface area contributed by atoms with Crippen LogP contribution in [0.3, 0.4) is 0 Å². The number of nitrogens with one attached hydrogen (secondary N) is 2. The Morgan fingerprint density at radius 2 is 2.11 bits per heavy atom. The number of H-pyrrole nitrogens is 1. The lowest BCUT2D eigenvalue weighted by atomic mass is 10.2. The van der Waals surface area contributed by atoms with Gasteiger partial charge in [0.2, 0.25) is 5.91 Å². The molecule has 0 saturated heterocycles. The number of aromatic nitrogens is 1. The molecule has 0 bridgehead atoms. The number of pyridine rings is 1. The number of carboxylic acid groups (broad SMARTS) is 1. The van der Waals surface area contributed by atoms with E-state index >= 15 is 0 Å². The van der Waals surface area contributed by atoms with Crippen LogP contribution < -0.4 is 16.6 Å². The van der Waals surface area contributed by atoms with E-state index in [1.807, 2.05) is 5.32 Å². The van der Waals surface area contributed by atoms with Gasteiger partial charge in [-0.3, -0.25) is 14.4 Å². The fraction of sp³-hybridized carbons (Fsp3) is 0.200. The van der Waals surface area contributed by atoms with Crippen LogP contribution in [0.5, 0.6) is 0 Å². The molecule has 1 atom stereocenters. The molecule has 5 N–H and O–H groups in total. The van der Waals surface area contributed by atoms with Gasteiger partial charge in [-0.2, -0.15) is 0 Å². The van der Waals surface area contributed by atoms with Crippen LogP contribution in [0, 0.1) is 0 Å². The van der Waals surface area contributed by atoms with E-state index in [0.717, 1.165) is 0 Å². The van der Waals surface area contributed by atoms with Gasteiger partial charge in [0.25, 0.3) is 11.5 Å². The minimum absolute atomic E-state index is 0.242. The second-order valence-corrected chi connectivity index (χ2v) is 3.45. The fourth-order valence-corrected chi connectivity index (χ4v) is 1.24. The molecule has 8 heteroatoms. The molecule has 0 radical (unpaired) electrons. The second kappa shape index (κ2) is 5.62. The predicted octanol–water partition coefficient (Wildman–Crippen LogP) is -1.57. The number of primary amides is 1. The summed E-state index contributed by atoms with van der Waals surface area (Å²) in [5.74, 6) is -3.16. The number of amides is 2. The van der Waals surface area contributed by atoms with Crippen LogP contribution in [-0.2, 0) is 9.59 Å². The highest BCUT2D eigenvalue weighted by Gasteiger charge is 2.23. The number of nitrogens with two attached hydrogens (primary N) is 1. The first kappa shape index (κ1) is 13.4. The van der Waals surface area contributed by atoms with Crippen molar-refractivity contribution in [3.8, 4) is 0 Å². The molecule has 8 nitrogen and oxygen atoms in total. The van der Waals surface area contributed by atoms with Crippen LogP contribution in [-0.4, -0.2) is 33.9 Å². The summed E-state index contributed by atoms with van der Waals surface area (Å²) < 4.78 is 0. The molecule has 1 aromatic heterocycles. The molecule has 0 aliphatic carbocycles. The number of carbonyl (C=O) groups excluding carboxylic acids is 2. The quantitative estimate of drug-likeness (QED) is 0.501. The molecule has 0 unspecified atom stereocenters. The van der Waals surface area contributed by atoms with E-state index in [1.54, 1.807) is 0 Å². The third-order valence-corrected chi connectivity index (χ3v) is 2.07. The molecule has 0 spiro atoms. The summed E-state index contributed by atoms with van der Waals surface area (Å²) in [4.78, 5) is 46.6. The van der Waals surface area contributed by atoms with Crippen LogP contribution >= 0.6 is 0 Å². The number of carbonyl (C=O) groups is 3. The van der Waals surface area contributed by atoms with Crippen LogP contribution in [0.4, 0.5) is 0 Å². The highest BCUT2D eigenvalue weighted by Crippen LogP contribution is 1.96. The van der Waals surface area contributed by atoms with E-state index in [4.69, 9.17) is 10.8 Å². The van der Waals surface area contributed by atoms with E-state index < -0.39 is 35.8 Å². The Kier molecular flexibility index (Phi) is 4.19. The van der Waals surface area contributed by atoms with Gasteiger partial charge in [-0.15, -0.1) is 0 Å². The van der Waals surface area contributed by atoms with E-state index in [-0.39, 0.29) is 5.56 Å². The van der Waals surface area contributed by atoms with E-state index in [9.17, 15) is 19.2 Å². The molecular weight excluding hydrogens is 242 g/mol. The molecule has 0 aromatic carbocycles. The highest BCUT2D eigenvalue weighted by atomic mass is 16.4. The van der Waals surface area contributed by atoms with Crippen molar-refractivity contribution in [3.63, 3.8) is 0 Å². The predicted molar refractivity (Wildman–Crippen MR) is 59.8 cm³/mol. The molecule has 18 heavy (non-hydrogen) atoms. The summed E-state index contributed by atoms with van der Waals surface area (Å²) in [7, 11) is 0. The third-order valence-electron chi connectivity index (χ3n) is 2.07. The van der Waals surface area contributed by atoms with Crippen molar-refractivity contribution in [2.24, 2.45) is 5.73 Å². The van der Waals surface area contributed by atoms with Crippen LogP contribution in [0.2, 0.25) is 0 Å². The molecule has 1 heterocycles. The standard InChI is InChI=1S/C10H11N3O5/c11-7(14)4-6(10(17)18)13-9(16)5-2-1-3-12-8(5)15/h1-3,6H,4H2,(H2,11,14)(H,12,15)(H,13,16)(H,17,18)/t6-/m0/s1. The number of hydrogen-bond donors (Lipinski definition) is 4. The van der Waals surface area contributed by atoms with Crippen molar-refractivity contribution in [2.75, 3.05) is 0 Å². The first-order valence-electron chi connectivity index (χ1n) is 4.91. The topological polar surface area (TPSA) is 142 Å². The summed E-state index contributed by atoms with van der Waals surface area (Å²) in [5.41, 5.74) is 3.96. The lowest BCUT2D eigenvalue weighted by molar-refractivity contribution is -0.140. The average molecular weight is 253 g/mol. The maximum absolute atomic E-state index is 11.6. The van der Waals surface area contributed by atoms with Gasteiger partial charge in [-0.25, -0.2) is 4.79 Å². The fourth-order valence-electron chi connectivity index (χ4n) is 1.24. The minimum Gasteiger partial charge on any atom is -0.480 e. The summed E-state index contributed by atoms with van der Waals surface area (Å²) >= 11 is 0. The Balaban J connectivity index is 2.85. The zero-order valence-electron chi connectivity index (χ0n) is 9.17. The second-order valence-electron chi connectivity index (χ2n) is 3.45. The van der Waals surface area contributed by atoms with Crippen molar-refractivity contribution in [2.45, 2.75) is 12.5 Å². The number of hydrogen-bond acceptors (Lipinski definition) is 4. The van der Waals surface area contributed by atoms with Gasteiger partial charge in [0.05, 0.1) is 6.42 Å². The number of rotatable bonds is 5. The Morgan fingerprint density at radius 3 is 2.61 bits per heavy atom. The van der Waals surface area contributed by atoms with Gasteiger partial charge >= 0.3 is 5.97 Å². The molecule has 1 rings (SSSR count). The maximum atomic E-state index is 11.6. The Morgan fingerprint density at radius 1 is 1.44 bits per heavy atom. The first-order valence-corrected chi connectivity index (χ1v) is 4.91. The van der Waals surface area contributed by atoms with Crippen molar-refractivity contribution < 1.29 is 19.5 Å². The maximum Gasteiger partial charge on any atom is 0.326 e. The molecule has 0 saturated carbocycles. The van der Waals surface area contributed by atoms with Gasteiger partial charge in [0.15, 0.2) is 0 Å². The summed E-state index contributed by atoms with van der Waals surface area (Å²) in [6.45, 7) is 0. The highest BCUT2D eigenvalue weighted by molar-refractivity contribution is 5.97. The number of carboxylic acids is 1. The average Bonchev–Trinajstić information content (AvgIpc) is 2.27. The zero-order chi connectivity index (χ0) is 13.7. The Labute approximate surface area is 101 Å². The molecule has 1 aromatic rings. The number of aliphatic carboxylic acids is 1. The van der Waals surface area contributed by atoms with Gasteiger partial charge in [0.1, 0.15) is 11.6 Å². The summed E-state index contributed by atoms with van der Waals surface area (Å²) in [5, 5.41) is 10.8. The molecular formula is C10H11N3O5. The lowest BCUT2D eigenvalue weighted by Gasteiger charge is -2.12. The molecule has 0 aliphatic heterocycles. The van der Waals surface area contributed by atoms with E-state index in [0.29, 0.717) is 0 Å². The van der Waals surface area contributed by atoms with Crippen molar-refractivity contribution >= 4 is 17.8 Å². The van der Waals surface area contributed by atoms with Crippen LogP contribution in [0.1, 0.15) is 16.8 Å². The first-order chi connectivity index (χ1) is 8.41. The van der Waals surface area contributed by atoms with Crippen molar-refractivity contribution in [1.29, 1.82) is 0 Å².